The van der Waals surface area contributed by atoms with Crippen LogP contribution in [0, 0.1) is 5.92 Å². The Hall–Kier alpha value is -2.67. The Morgan fingerprint density at radius 1 is 1.28 bits per heavy atom. The van der Waals surface area contributed by atoms with E-state index in [1.807, 2.05) is 24.3 Å². The van der Waals surface area contributed by atoms with E-state index in [1.165, 1.54) is 10.7 Å². The molecule has 0 radical (unpaired) electrons. The van der Waals surface area contributed by atoms with Crippen LogP contribution in [0.5, 0.6) is 5.75 Å². The van der Waals surface area contributed by atoms with Gasteiger partial charge in [0.1, 0.15) is 12.3 Å². The first-order valence-corrected chi connectivity index (χ1v) is 10.2. The minimum absolute atomic E-state index is 0.0954. The molecule has 2 aliphatic rings. The van der Waals surface area contributed by atoms with Crippen LogP contribution in [0.2, 0.25) is 0 Å². The number of piperidine rings is 1. The van der Waals surface area contributed by atoms with Crippen molar-refractivity contribution in [3.63, 3.8) is 0 Å². The first-order chi connectivity index (χ1) is 14.0. The average molecular weight is 397 g/mol. The number of rotatable bonds is 4. The maximum Gasteiger partial charge on any atom is 0.267 e. The van der Waals surface area contributed by atoms with Crippen molar-refractivity contribution in [2.45, 2.75) is 44.2 Å². The van der Waals surface area contributed by atoms with E-state index in [0.717, 1.165) is 31.2 Å². The molecule has 0 bridgehead atoms. The van der Waals surface area contributed by atoms with Crippen LogP contribution >= 0.6 is 0 Å². The lowest BCUT2D eigenvalue weighted by Crippen LogP contribution is -2.55. The lowest BCUT2D eigenvalue weighted by atomic mass is 9.71. The molecule has 7 heteroatoms. The van der Waals surface area contributed by atoms with Gasteiger partial charge < -0.3 is 14.7 Å². The predicted molar refractivity (Wildman–Crippen MR) is 109 cm³/mol. The van der Waals surface area contributed by atoms with Crippen LogP contribution in [-0.4, -0.2) is 51.5 Å². The summed E-state index contributed by atoms with van der Waals surface area (Å²) in [6.45, 7) is 0.984. The van der Waals surface area contributed by atoms with Gasteiger partial charge in [0.25, 0.3) is 5.56 Å². The maximum atomic E-state index is 12.9. The van der Waals surface area contributed by atoms with Crippen LogP contribution < -0.4 is 10.3 Å². The molecule has 1 aromatic carbocycles. The van der Waals surface area contributed by atoms with Crippen LogP contribution in [0.25, 0.3) is 11.3 Å². The van der Waals surface area contributed by atoms with Crippen molar-refractivity contribution in [3.05, 3.63) is 46.8 Å². The third kappa shape index (κ3) is 4.05. The molecule has 2 aromatic rings. The topological polar surface area (TPSA) is 84.7 Å². The fourth-order valence-corrected chi connectivity index (χ4v) is 4.52. The Balaban J connectivity index is 1.50. The molecule has 0 spiro atoms. The van der Waals surface area contributed by atoms with Crippen molar-refractivity contribution in [2.24, 2.45) is 5.92 Å². The summed E-state index contributed by atoms with van der Waals surface area (Å²) in [5, 5.41) is 15.2. The average Bonchev–Trinajstić information content (AvgIpc) is 2.74. The van der Waals surface area contributed by atoms with Crippen LogP contribution in [0.4, 0.5) is 0 Å². The Morgan fingerprint density at radius 3 is 2.97 bits per heavy atom. The second kappa shape index (κ2) is 7.99. The van der Waals surface area contributed by atoms with Crippen molar-refractivity contribution in [2.75, 3.05) is 20.2 Å². The van der Waals surface area contributed by atoms with Crippen LogP contribution in [0.3, 0.4) is 0 Å². The molecule has 2 fully saturated rings. The Labute approximate surface area is 169 Å². The van der Waals surface area contributed by atoms with E-state index in [9.17, 15) is 14.7 Å². The van der Waals surface area contributed by atoms with Crippen molar-refractivity contribution in [1.29, 1.82) is 0 Å². The Bertz CT molecular complexity index is 957. The minimum atomic E-state index is -0.629. The first-order valence-electron chi connectivity index (χ1n) is 10.2. The van der Waals surface area contributed by atoms with E-state index in [0.29, 0.717) is 31.0 Å². The second-order valence-electron chi connectivity index (χ2n) is 8.08. The molecule has 2 heterocycles. The summed E-state index contributed by atoms with van der Waals surface area (Å²) >= 11 is 0. The second-order valence-corrected chi connectivity index (χ2v) is 8.08. The number of fused-ring (bicyclic) bond motifs is 1. The molecule has 154 valence electrons. The van der Waals surface area contributed by atoms with Gasteiger partial charge in [0.15, 0.2) is 0 Å². The van der Waals surface area contributed by atoms with Gasteiger partial charge in [-0.3, -0.25) is 9.59 Å². The van der Waals surface area contributed by atoms with E-state index in [1.54, 1.807) is 18.1 Å². The van der Waals surface area contributed by atoms with Gasteiger partial charge in [-0.15, -0.1) is 0 Å². The van der Waals surface area contributed by atoms with Crippen molar-refractivity contribution < 1.29 is 14.6 Å². The van der Waals surface area contributed by atoms with Crippen LogP contribution in [0.15, 0.2) is 41.2 Å². The zero-order valence-corrected chi connectivity index (χ0v) is 16.7. The quantitative estimate of drug-likeness (QED) is 0.854. The number of amides is 1. The number of benzene rings is 1. The van der Waals surface area contributed by atoms with Crippen LogP contribution in [0.1, 0.15) is 32.1 Å². The van der Waals surface area contributed by atoms with Gasteiger partial charge in [0, 0.05) is 30.6 Å². The molecule has 2 atom stereocenters. The Morgan fingerprint density at radius 2 is 2.14 bits per heavy atom. The number of hydrogen-bond acceptors (Lipinski definition) is 5. The van der Waals surface area contributed by atoms with Crippen LogP contribution in [-0.2, 0) is 11.3 Å². The van der Waals surface area contributed by atoms with Gasteiger partial charge in [-0.05, 0) is 37.5 Å². The number of nitrogens with zero attached hydrogens (tertiary/aromatic N) is 3. The first kappa shape index (κ1) is 19.6. The fraction of sp³-hybridized carbons (Fsp3) is 0.500. The van der Waals surface area contributed by atoms with Gasteiger partial charge in [0.05, 0.1) is 18.4 Å². The number of aromatic nitrogens is 2. The number of carbonyl (C=O) groups is 1. The molecule has 1 saturated heterocycles. The normalized spacial score (nSPS) is 24.1. The number of likely N-dealkylation sites (tertiary alicyclic amines) is 1. The summed E-state index contributed by atoms with van der Waals surface area (Å²) in [6, 6.07) is 10.5. The van der Waals surface area contributed by atoms with Gasteiger partial charge in [0.2, 0.25) is 5.91 Å². The summed E-state index contributed by atoms with van der Waals surface area (Å²) in [5.74, 6) is 0.697. The fourth-order valence-electron chi connectivity index (χ4n) is 4.52. The summed E-state index contributed by atoms with van der Waals surface area (Å²) in [4.78, 5) is 26.9. The molecule has 4 rings (SSSR count). The molecule has 1 N–H and O–H groups in total. The highest BCUT2D eigenvalue weighted by Gasteiger charge is 2.43. The highest BCUT2D eigenvalue weighted by atomic mass is 16.5. The molecule has 1 aliphatic carbocycles. The van der Waals surface area contributed by atoms with Gasteiger partial charge in [-0.2, -0.15) is 5.10 Å². The highest BCUT2D eigenvalue weighted by molar-refractivity contribution is 5.76. The third-order valence-corrected chi connectivity index (χ3v) is 6.30. The number of ether oxygens (including phenoxy) is 1. The van der Waals surface area contributed by atoms with Gasteiger partial charge >= 0.3 is 0 Å². The molecular weight excluding hydrogens is 370 g/mol. The van der Waals surface area contributed by atoms with Gasteiger partial charge in [-0.25, -0.2) is 4.68 Å². The van der Waals surface area contributed by atoms with Crippen molar-refractivity contribution in [3.8, 4) is 17.0 Å². The number of hydrogen-bond donors (Lipinski definition) is 1. The molecule has 7 nitrogen and oxygen atoms in total. The molecule has 1 aliphatic heterocycles. The molecule has 29 heavy (non-hydrogen) atoms. The Kier molecular flexibility index (Phi) is 5.41. The summed E-state index contributed by atoms with van der Waals surface area (Å²) in [6.07, 6.45) is 4.53. The molecule has 1 amide bonds. The lowest BCUT2D eigenvalue weighted by molar-refractivity contribution is -0.144. The van der Waals surface area contributed by atoms with Crippen molar-refractivity contribution >= 4 is 5.91 Å². The molecule has 1 aromatic heterocycles. The summed E-state index contributed by atoms with van der Waals surface area (Å²) < 4.78 is 6.47. The smallest absolute Gasteiger partial charge is 0.267 e. The minimum Gasteiger partial charge on any atom is -0.497 e. The van der Waals surface area contributed by atoms with E-state index in [2.05, 4.69) is 5.10 Å². The van der Waals surface area contributed by atoms with Crippen molar-refractivity contribution in [1.82, 2.24) is 14.7 Å². The predicted octanol–water partition coefficient (Wildman–Crippen LogP) is 2.07. The molecular formula is C22H27N3O4. The summed E-state index contributed by atoms with van der Waals surface area (Å²) in [7, 11) is 1.60. The number of methoxy groups -OCH3 is 1. The largest absolute Gasteiger partial charge is 0.497 e. The third-order valence-electron chi connectivity index (χ3n) is 6.30. The zero-order chi connectivity index (χ0) is 20.4. The number of carbonyl (C=O) groups excluding carboxylic acids is 1. The van der Waals surface area contributed by atoms with E-state index >= 15 is 0 Å². The standard InChI is InChI=1S/C22H27N3O4/c1-29-18-7-4-5-16(13-18)19-8-9-20(26)25(23-19)15-21(27)24-12-11-22(28)10-3-2-6-17(22)14-24/h4-5,7-9,13,17,28H,2-3,6,10-12,14-15H2,1H3/t17-,22-/m0/s1. The van der Waals surface area contributed by atoms with E-state index in [-0.39, 0.29) is 23.9 Å². The lowest BCUT2D eigenvalue weighted by Gasteiger charge is -2.47. The van der Waals surface area contributed by atoms with E-state index in [4.69, 9.17) is 4.74 Å². The van der Waals surface area contributed by atoms with Gasteiger partial charge in [-0.1, -0.05) is 25.0 Å². The number of aliphatic hydroxyl groups is 1. The maximum absolute atomic E-state index is 12.9. The molecule has 0 unspecified atom stereocenters. The zero-order valence-electron chi connectivity index (χ0n) is 16.7. The highest BCUT2D eigenvalue weighted by Crippen LogP contribution is 2.39. The van der Waals surface area contributed by atoms with E-state index < -0.39 is 5.60 Å². The SMILES string of the molecule is COc1cccc(-c2ccc(=O)n(CC(=O)N3CC[C@@]4(O)CCCC[C@H]4C3)n2)c1. The summed E-state index contributed by atoms with van der Waals surface area (Å²) in [5.41, 5.74) is 0.486. The monoisotopic (exact) mass is 397 g/mol. The molecule has 1 saturated carbocycles.